The molecule has 106 valence electrons. The summed E-state index contributed by atoms with van der Waals surface area (Å²) in [6.45, 7) is 3.47. The van der Waals surface area contributed by atoms with Crippen LogP contribution < -0.4 is 0 Å². The number of hydrogen-bond donors (Lipinski definition) is 1. The molecule has 0 aliphatic heterocycles. The molecule has 0 unspecified atom stereocenters. The predicted octanol–water partition coefficient (Wildman–Crippen LogP) is 3.13. The molecule has 2 rings (SSSR count). The fourth-order valence-corrected chi connectivity index (χ4v) is 2.44. The van der Waals surface area contributed by atoms with Gasteiger partial charge in [-0.15, -0.1) is 5.10 Å². The van der Waals surface area contributed by atoms with E-state index in [0.29, 0.717) is 6.07 Å². The maximum atomic E-state index is 13.9. The van der Waals surface area contributed by atoms with Gasteiger partial charge in [-0.2, -0.15) is 0 Å². The van der Waals surface area contributed by atoms with Crippen molar-refractivity contribution in [1.29, 1.82) is 0 Å². The Morgan fingerprint density at radius 2 is 2.05 bits per heavy atom. The molecule has 0 spiro atoms. The predicted molar refractivity (Wildman–Crippen MR) is 70.0 cm³/mol. The highest BCUT2D eigenvalue weighted by atomic mass is 79.9. The van der Waals surface area contributed by atoms with E-state index in [1.165, 1.54) is 0 Å². The van der Waals surface area contributed by atoms with Gasteiger partial charge in [-0.25, -0.2) is 18.3 Å². The smallest absolute Gasteiger partial charge is 0.358 e. The second kappa shape index (κ2) is 5.28. The third-order valence-corrected chi connectivity index (χ3v) is 3.25. The highest BCUT2D eigenvalue weighted by Gasteiger charge is 2.25. The molecular formula is C12H10BrF2N3O2. The van der Waals surface area contributed by atoms with Crippen LogP contribution in [0.1, 0.15) is 35.9 Å². The van der Waals surface area contributed by atoms with Crippen molar-refractivity contribution >= 4 is 21.9 Å². The summed E-state index contributed by atoms with van der Waals surface area (Å²) in [5.41, 5.74) is -0.0885. The molecule has 2 aromatic rings. The van der Waals surface area contributed by atoms with Crippen molar-refractivity contribution in [2.75, 3.05) is 0 Å². The van der Waals surface area contributed by atoms with E-state index in [1.54, 1.807) is 13.8 Å². The summed E-state index contributed by atoms with van der Waals surface area (Å²) in [5.74, 6) is -3.12. The maximum Gasteiger partial charge on any atom is 0.358 e. The third kappa shape index (κ3) is 2.43. The number of halogens is 3. The lowest BCUT2D eigenvalue weighted by Gasteiger charge is -2.12. The van der Waals surface area contributed by atoms with Crippen LogP contribution in [0, 0.1) is 11.6 Å². The van der Waals surface area contributed by atoms with Gasteiger partial charge < -0.3 is 5.11 Å². The minimum atomic E-state index is -1.25. The molecule has 0 fully saturated rings. The van der Waals surface area contributed by atoms with Gasteiger partial charge in [-0.3, -0.25) is 0 Å². The van der Waals surface area contributed by atoms with Crippen LogP contribution in [0.4, 0.5) is 8.78 Å². The summed E-state index contributed by atoms with van der Waals surface area (Å²) in [6.07, 6.45) is 0. The van der Waals surface area contributed by atoms with E-state index in [1.807, 2.05) is 0 Å². The van der Waals surface area contributed by atoms with Crippen LogP contribution >= 0.6 is 15.9 Å². The van der Waals surface area contributed by atoms with Gasteiger partial charge in [0.2, 0.25) is 0 Å². The van der Waals surface area contributed by atoms with Gasteiger partial charge in [-0.05, 0) is 27.9 Å². The zero-order valence-electron chi connectivity index (χ0n) is 10.6. The molecule has 1 heterocycles. The fraction of sp³-hybridized carbons (Fsp3) is 0.250. The van der Waals surface area contributed by atoms with Gasteiger partial charge in [0.15, 0.2) is 11.5 Å². The largest absolute Gasteiger partial charge is 0.476 e. The molecule has 20 heavy (non-hydrogen) atoms. The number of carboxylic acid groups (broad SMARTS) is 1. The number of hydrogen-bond acceptors (Lipinski definition) is 3. The fourth-order valence-electron chi connectivity index (χ4n) is 1.86. The van der Waals surface area contributed by atoms with Gasteiger partial charge in [-0.1, -0.05) is 19.1 Å². The number of carboxylic acids is 1. The molecular weight excluding hydrogens is 336 g/mol. The van der Waals surface area contributed by atoms with Crippen LogP contribution in [0.2, 0.25) is 0 Å². The number of rotatable bonds is 3. The molecule has 1 aromatic heterocycles. The Bertz CT molecular complexity index is 662. The monoisotopic (exact) mass is 345 g/mol. The summed E-state index contributed by atoms with van der Waals surface area (Å²) >= 11 is 3.05. The maximum absolute atomic E-state index is 13.9. The van der Waals surface area contributed by atoms with Crippen molar-refractivity contribution in [3.05, 3.63) is 39.6 Å². The zero-order chi connectivity index (χ0) is 15.0. The van der Waals surface area contributed by atoms with Crippen molar-refractivity contribution in [2.24, 2.45) is 0 Å². The molecule has 8 heteroatoms. The number of aromatic nitrogens is 3. The molecule has 0 radical (unpaired) electrons. The normalized spacial score (nSPS) is 11.1. The van der Waals surface area contributed by atoms with Crippen molar-refractivity contribution in [3.63, 3.8) is 0 Å². The van der Waals surface area contributed by atoms with Crippen LogP contribution in [0.5, 0.6) is 0 Å². The van der Waals surface area contributed by atoms with Crippen molar-refractivity contribution in [3.8, 4) is 5.69 Å². The Morgan fingerprint density at radius 1 is 1.40 bits per heavy atom. The van der Waals surface area contributed by atoms with Gasteiger partial charge >= 0.3 is 5.97 Å². The second-order valence-electron chi connectivity index (χ2n) is 4.41. The lowest BCUT2D eigenvalue weighted by atomic mass is 10.1. The van der Waals surface area contributed by atoms with Gasteiger partial charge in [0.1, 0.15) is 11.5 Å². The van der Waals surface area contributed by atoms with E-state index in [2.05, 4.69) is 26.2 Å². The average Bonchev–Trinajstić information content (AvgIpc) is 2.72. The van der Waals surface area contributed by atoms with Crippen LogP contribution in [0.25, 0.3) is 5.69 Å². The van der Waals surface area contributed by atoms with Crippen molar-refractivity contribution in [1.82, 2.24) is 15.0 Å². The first-order valence-electron chi connectivity index (χ1n) is 5.66. The number of nitrogens with zero attached hydrogens (tertiary/aromatic N) is 3. The lowest BCUT2D eigenvalue weighted by molar-refractivity contribution is 0.0688. The molecule has 5 nitrogen and oxygen atoms in total. The molecule has 0 saturated heterocycles. The zero-order valence-corrected chi connectivity index (χ0v) is 12.1. The molecule has 0 aliphatic carbocycles. The first kappa shape index (κ1) is 14.6. The van der Waals surface area contributed by atoms with Crippen LogP contribution in [0.15, 0.2) is 16.6 Å². The molecule has 0 saturated carbocycles. The summed E-state index contributed by atoms with van der Waals surface area (Å²) in [5, 5.41) is 16.3. The highest BCUT2D eigenvalue weighted by molar-refractivity contribution is 9.10. The van der Waals surface area contributed by atoms with E-state index in [4.69, 9.17) is 5.11 Å². The summed E-state index contributed by atoms with van der Waals surface area (Å²) < 4.78 is 28.3. The first-order chi connectivity index (χ1) is 9.32. The Balaban J connectivity index is 2.74. The number of carbonyl (C=O) groups is 1. The summed E-state index contributed by atoms with van der Waals surface area (Å²) in [7, 11) is 0. The molecule has 0 amide bonds. The van der Waals surface area contributed by atoms with E-state index < -0.39 is 17.6 Å². The average molecular weight is 346 g/mol. The Morgan fingerprint density at radius 3 is 2.55 bits per heavy atom. The third-order valence-electron chi connectivity index (χ3n) is 2.65. The van der Waals surface area contributed by atoms with Crippen LogP contribution in [0.3, 0.4) is 0 Å². The number of benzene rings is 1. The Labute approximate surface area is 121 Å². The minimum Gasteiger partial charge on any atom is -0.476 e. The van der Waals surface area contributed by atoms with E-state index in [9.17, 15) is 13.6 Å². The summed E-state index contributed by atoms with van der Waals surface area (Å²) in [6, 6.07) is 1.77. The topological polar surface area (TPSA) is 68.0 Å². The van der Waals surface area contributed by atoms with E-state index >= 15 is 0 Å². The second-order valence-corrected chi connectivity index (χ2v) is 5.27. The first-order valence-corrected chi connectivity index (χ1v) is 6.46. The van der Waals surface area contributed by atoms with E-state index in [-0.39, 0.29) is 27.5 Å². The standard InChI is InChI=1S/C12H10BrF2N3O2/c1-5(2)10-9(12(19)20)16-17-18(10)11-7(13)3-6(14)4-8(11)15/h3-5H,1-2H3,(H,19,20). The quantitative estimate of drug-likeness (QED) is 0.927. The van der Waals surface area contributed by atoms with E-state index in [0.717, 1.165) is 10.7 Å². The van der Waals surface area contributed by atoms with Gasteiger partial charge in [0.05, 0.1) is 5.69 Å². The molecule has 0 bridgehead atoms. The SMILES string of the molecule is CC(C)c1c(C(=O)O)nnn1-c1c(F)cc(F)cc1Br. The van der Waals surface area contributed by atoms with Crippen molar-refractivity contribution < 1.29 is 18.7 Å². The van der Waals surface area contributed by atoms with Gasteiger partial charge in [0, 0.05) is 10.5 Å². The summed E-state index contributed by atoms with van der Waals surface area (Å²) in [4.78, 5) is 11.1. The van der Waals surface area contributed by atoms with Crippen LogP contribution in [-0.2, 0) is 0 Å². The highest BCUT2D eigenvalue weighted by Crippen LogP contribution is 2.29. The molecule has 0 aliphatic rings. The van der Waals surface area contributed by atoms with Crippen LogP contribution in [-0.4, -0.2) is 26.1 Å². The molecule has 1 aromatic carbocycles. The minimum absolute atomic E-state index is 0.0740. The Hall–Kier alpha value is -1.83. The molecule has 1 N–H and O–H groups in total. The Kier molecular flexibility index (Phi) is 3.85. The number of aromatic carboxylic acids is 1. The lowest BCUT2D eigenvalue weighted by Crippen LogP contribution is -2.10. The molecule has 0 atom stereocenters. The van der Waals surface area contributed by atoms with Gasteiger partial charge in [0.25, 0.3) is 0 Å². The van der Waals surface area contributed by atoms with Crippen molar-refractivity contribution in [2.45, 2.75) is 19.8 Å².